The second kappa shape index (κ2) is 6.30. The van der Waals surface area contributed by atoms with Crippen LogP contribution in [-0.4, -0.2) is 11.7 Å². The lowest BCUT2D eigenvalue weighted by molar-refractivity contribution is -0.137. The van der Waals surface area contributed by atoms with Crippen molar-refractivity contribution in [1.29, 1.82) is 0 Å². The van der Waals surface area contributed by atoms with Crippen LogP contribution in [0, 0.1) is 0 Å². The second-order valence-electron chi connectivity index (χ2n) is 4.41. The van der Waals surface area contributed by atoms with Crippen LogP contribution in [0.5, 0.6) is 0 Å². The van der Waals surface area contributed by atoms with Gasteiger partial charge in [0, 0.05) is 13.0 Å². The molecule has 0 bridgehead atoms. The van der Waals surface area contributed by atoms with Gasteiger partial charge in [0.15, 0.2) is 0 Å². The lowest BCUT2D eigenvalue weighted by Gasteiger charge is -2.11. The van der Waals surface area contributed by atoms with Crippen molar-refractivity contribution >= 4 is 23.2 Å². The third-order valence-electron chi connectivity index (χ3n) is 2.86. The molecule has 0 amide bonds. The van der Waals surface area contributed by atoms with E-state index in [9.17, 15) is 13.2 Å². The van der Waals surface area contributed by atoms with E-state index in [0.717, 1.165) is 12.1 Å². The molecule has 0 atom stereocenters. The number of rotatable bonds is 4. The topological polar surface area (TPSA) is 33.4 Å². The van der Waals surface area contributed by atoms with Crippen LogP contribution in [-0.2, 0) is 12.6 Å². The molecule has 1 aromatic heterocycles. The van der Waals surface area contributed by atoms with E-state index in [1.807, 2.05) is 0 Å². The summed E-state index contributed by atoms with van der Waals surface area (Å²) in [5.41, 5.74) is -0.685. The molecule has 0 saturated heterocycles. The van der Waals surface area contributed by atoms with Crippen LogP contribution in [0.15, 0.2) is 28.7 Å². The summed E-state index contributed by atoms with van der Waals surface area (Å²) < 4.78 is 43.5. The third-order valence-corrected chi connectivity index (χ3v) is 3.45. The molecule has 7 heteroatoms. The number of aliphatic hydroxyl groups is 1. The SMILES string of the molecule is OCCCc1ccc(-c2c(Cl)cc(C(F)(F)F)cc2Cl)o1. The molecule has 1 N–H and O–H groups in total. The van der Waals surface area contributed by atoms with E-state index < -0.39 is 11.7 Å². The minimum Gasteiger partial charge on any atom is -0.461 e. The molecule has 0 fully saturated rings. The second-order valence-corrected chi connectivity index (χ2v) is 5.22. The molecule has 0 aliphatic heterocycles. The maximum atomic E-state index is 12.7. The third kappa shape index (κ3) is 3.73. The molecule has 0 spiro atoms. The summed E-state index contributed by atoms with van der Waals surface area (Å²) in [6, 6.07) is 4.90. The minimum atomic E-state index is -4.51. The Kier molecular flexibility index (Phi) is 4.86. The van der Waals surface area contributed by atoms with Crippen LogP contribution in [0.2, 0.25) is 10.0 Å². The van der Waals surface area contributed by atoms with Crippen molar-refractivity contribution < 1.29 is 22.7 Å². The van der Waals surface area contributed by atoms with E-state index in [1.54, 1.807) is 12.1 Å². The average Bonchev–Trinajstić information content (AvgIpc) is 2.83. The van der Waals surface area contributed by atoms with Crippen LogP contribution in [0.1, 0.15) is 17.7 Å². The Morgan fingerprint density at radius 1 is 1.10 bits per heavy atom. The van der Waals surface area contributed by atoms with Gasteiger partial charge in [0.1, 0.15) is 11.5 Å². The van der Waals surface area contributed by atoms with E-state index in [0.29, 0.717) is 24.4 Å². The summed E-state index contributed by atoms with van der Waals surface area (Å²) >= 11 is 11.8. The molecule has 0 unspecified atom stereocenters. The van der Waals surface area contributed by atoms with Crippen molar-refractivity contribution in [2.24, 2.45) is 0 Å². The molecule has 2 nitrogen and oxygen atoms in total. The van der Waals surface area contributed by atoms with Gasteiger partial charge in [-0.2, -0.15) is 13.2 Å². The van der Waals surface area contributed by atoms with E-state index in [4.69, 9.17) is 32.7 Å². The zero-order valence-electron chi connectivity index (χ0n) is 10.7. The van der Waals surface area contributed by atoms with Gasteiger partial charge in [-0.3, -0.25) is 0 Å². The van der Waals surface area contributed by atoms with Crippen molar-refractivity contribution in [2.45, 2.75) is 19.0 Å². The predicted molar refractivity (Wildman–Crippen MR) is 74.6 cm³/mol. The Morgan fingerprint density at radius 2 is 1.71 bits per heavy atom. The Balaban J connectivity index is 2.38. The van der Waals surface area contributed by atoms with E-state index >= 15 is 0 Å². The fourth-order valence-corrected chi connectivity index (χ4v) is 2.55. The van der Waals surface area contributed by atoms with Gasteiger partial charge in [0.25, 0.3) is 0 Å². The van der Waals surface area contributed by atoms with Gasteiger partial charge in [0.2, 0.25) is 0 Å². The van der Waals surface area contributed by atoms with Crippen LogP contribution in [0.4, 0.5) is 13.2 Å². The monoisotopic (exact) mass is 338 g/mol. The summed E-state index contributed by atoms with van der Waals surface area (Å²) in [6.45, 7) is 0.0256. The number of halogens is 5. The van der Waals surface area contributed by atoms with E-state index in [2.05, 4.69) is 0 Å². The highest BCUT2D eigenvalue weighted by Gasteiger charge is 2.32. The summed E-state index contributed by atoms with van der Waals surface area (Å²) in [7, 11) is 0. The zero-order valence-corrected chi connectivity index (χ0v) is 12.2. The van der Waals surface area contributed by atoms with Gasteiger partial charge in [-0.25, -0.2) is 0 Å². The molecule has 0 aliphatic rings. The maximum absolute atomic E-state index is 12.7. The van der Waals surface area contributed by atoms with Gasteiger partial charge in [0.05, 0.1) is 21.2 Å². The molecule has 0 saturated carbocycles. The first-order chi connectivity index (χ1) is 9.82. The lowest BCUT2D eigenvalue weighted by Crippen LogP contribution is -2.05. The van der Waals surface area contributed by atoms with Crippen molar-refractivity contribution in [3.8, 4) is 11.3 Å². The van der Waals surface area contributed by atoms with Crippen LogP contribution >= 0.6 is 23.2 Å². The fraction of sp³-hybridized carbons (Fsp3) is 0.286. The number of hydrogen-bond donors (Lipinski definition) is 1. The van der Waals surface area contributed by atoms with Crippen molar-refractivity contribution in [2.75, 3.05) is 6.61 Å². The molecule has 1 heterocycles. The molecule has 2 rings (SSSR count). The van der Waals surface area contributed by atoms with Gasteiger partial charge < -0.3 is 9.52 Å². The van der Waals surface area contributed by atoms with Gasteiger partial charge in [-0.05, 0) is 30.7 Å². The highest BCUT2D eigenvalue weighted by molar-refractivity contribution is 6.39. The van der Waals surface area contributed by atoms with Crippen molar-refractivity contribution in [3.05, 3.63) is 45.6 Å². The molecule has 1 aromatic carbocycles. The highest BCUT2D eigenvalue weighted by atomic mass is 35.5. The maximum Gasteiger partial charge on any atom is 0.416 e. The van der Waals surface area contributed by atoms with Gasteiger partial charge in [-0.15, -0.1) is 0 Å². The largest absolute Gasteiger partial charge is 0.461 e. The number of hydrogen-bond acceptors (Lipinski definition) is 2. The molecular weight excluding hydrogens is 328 g/mol. The Morgan fingerprint density at radius 3 is 2.24 bits per heavy atom. The normalized spacial score (nSPS) is 11.9. The highest BCUT2D eigenvalue weighted by Crippen LogP contribution is 2.41. The smallest absolute Gasteiger partial charge is 0.416 e. The van der Waals surface area contributed by atoms with Gasteiger partial charge >= 0.3 is 6.18 Å². The Bertz CT molecular complexity index is 612. The van der Waals surface area contributed by atoms with Gasteiger partial charge in [-0.1, -0.05) is 23.2 Å². The number of alkyl halides is 3. The molecular formula is C14H11Cl2F3O2. The number of aryl methyl sites for hydroxylation is 1. The Labute approximate surface area is 129 Å². The minimum absolute atomic E-state index is 0.0256. The van der Waals surface area contributed by atoms with Crippen LogP contribution < -0.4 is 0 Å². The first-order valence-corrected chi connectivity index (χ1v) is 6.84. The summed E-state index contributed by atoms with van der Waals surface area (Å²) in [5.74, 6) is 0.901. The number of aliphatic hydroxyl groups excluding tert-OH is 1. The quantitative estimate of drug-likeness (QED) is 0.831. The molecule has 0 aliphatic carbocycles. The molecule has 114 valence electrons. The lowest BCUT2D eigenvalue weighted by atomic mass is 10.1. The Hall–Kier alpha value is -1.17. The summed E-state index contributed by atoms with van der Waals surface area (Å²) in [4.78, 5) is 0. The molecule has 21 heavy (non-hydrogen) atoms. The van der Waals surface area contributed by atoms with Crippen molar-refractivity contribution in [1.82, 2.24) is 0 Å². The number of furan rings is 1. The predicted octanol–water partition coefficient (Wildman–Crippen LogP) is 5.20. The standard InChI is InChI=1S/C14H11Cl2F3O2/c15-10-6-8(14(17,18)19)7-11(16)13(10)12-4-3-9(21-12)2-1-5-20/h3-4,6-7,20H,1-2,5H2. The fourth-order valence-electron chi connectivity index (χ4n) is 1.87. The molecule has 0 radical (unpaired) electrons. The van der Waals surface area contributed by atoms with E-state index in [-0.39, 0.29) is 22.2 Å². The van der Waals surface area contributed by atoms with Crippen molar-refractivity contribution in [3.63, 3.8) is 0 Å². The van der Waals surface area contributed by atoms with Crippen LogP contribution in [0.25, 0.3) is 11.3 Å². The van der Waals surface area contributed by atoms with Crippen LogP contribution in [0.3, 0.4) is 0 Å². The number of benzene rings is 1. The summed E-state index contributed by atoms with van der Waals surface area (Å²) in [6.07, 6.45) is -3.46. The first-order valence-electron chi connectivity index (χ1n) is 6.09. The first kappa shape index (κ1) is 16.2. The zero-order chi connectivity index (χ0) is 15.6. The van der Waals surface area contributed by atoms with E-state index in [1.165, 1.54) is 0 Å². The average molecular weight is 339 g/mol. The summed E-state index contributed by atoms with van der Waals surface area (Å²) in [5, 5.41) is 8.50. The molecule has 2 aromatic rings.